The second-order valence-electron chi connectivity index (χ2n) is 4.04. The maximum Gasteiger partial charge on any atom is 0.255 e. The molecule has 0 heterocycles. The first-order valence-electron chi connectivity index (χ1n) is 6.09. The zero-order chi connectivity index (χ0) is 13.7. The summed E-state index contributed by atoms with van der Waals surface area (Å²) in [6.45, 7) is 2.41. The van der Waals surface area contributed by atoms with Gasteiger partial charge in [0.05, 0.1) is 6.61 Å². The molecule has 0 saturated heterocycles. The van der Waals surface area contributed by atoms with Gasteiger partial charge in [0.2, 0.25) is 0 Å². The standard InChI is InChI=1S/C15H16N2O2/c1-2-19-14-9-11(8-12(16)10-14)15(18)17-13-6-4-3-5-7-13/h3-10H,2,16H2,1H3,(H,17,18). The fraction of sp³-hybridized carbons (Fsp3) is 0.133. The van der Waals surface area contributed by atoms with Gasteiger partial charge in [-0.2, -0.15) is 0 Å². The molecule has 2 aromatic carbocycles. The summed E-state index contributed by atoms with van der Waals surface area (Å²) >= 11 is 0. The molecule has 0 radical (unpaired) electrons. The molecular formula is C15H16N2O2. The number of nitrogens with one attached hydrogen (secondary N) is 1. The third kappa shape index (κ3) is 3.48. The van der Waals surface area contributed by atoms with Crippen molar-refractivity contribution in [3.8, 4) is 5.75 Å². The first kappa shape index (κ1) is 13.0. The van der Waals surface area contributed by atoms with Gasteiger partial charge in [0.1, 0.15) is 5.75 Å². The van der Waals surface area contributed by atoms with Crippen LogP contribution in [0.3, 0.4) is 0 Å². The van der Waals surface area contributed by atoms with Crippen LogP contribution in [0.2, 0.25) is 0 Å². The smallest absolute Gasteiger partial charge is 0.255 e. The van der Waals surface area contributed by atoms with Crippen LogP contribution in [0.5, 0.6) is 5.75 Å². The summed E-state index contributed by atoms with van der Waals surface area (Å²) in [5, 5.41) is 2.80. The molecule has 1 amide bonds. The van der Waals surface area contributed by atoms with Crippen molar-refractivity contribution in [3.63, 3.8) is 0 Å². The topological polar surface area (TPSA) is 64.3 Å². The number of carbonyl (C=O) groups excluding carboxylic acids is 1. The molecule has 2 aromatic rings. The Balaban J connectivity index is 2.19. The average Bonchev–Trinajstić information content (AvgIpc) is 2.39. The molecule has 0 fully saturated rings. The zero-order valence-electron chi connectivity index (χ0n) is 10.7. The molecule has 0 aliphatic carbocycles. The van der Waals surface area contributed by atoms with Gasteiger partial charge >= 0.3 is 0 Å². The van der Waals surface area contributed by atoms with Gasteiger partial charge in [-0.25, -0.2) is 0 Å². The molecular weight excluding hydrogens is 240 g/mol. The van der Waals surface area contributed by atoms with Crippen molar-refractivity contribution in [3.05, 3.63) is 54.1 Å². The average molecular weight is 256 g/mol. The van der Waals surface area contributed by atoms with Gasteiger partial charge < -0.3 is 15.8 Å². The molecule has 0 atom stereocenters. The Labute approximate surface area is 112 Å². The molecule has 0 bridgehead atoms. The normalized spacial score (nSPS) is 9.95. The van der Waals surface area contributed by atoms with Gasteiger partial charge in [-0.3, -0.25) is 4.79 Å². The van der Waals surface area contributed by atoms with E-state index in [0.29, 0.717) is 23.6 Å². The van der Waals surface area contributed by atoms with Crippen LogP contribution in [0.15, 0.2) is 48.5 Å². The van der Waals surface area contributed by atoms with Crippen molar-refractivity contribution in [2.24, 2.45) is 0 Å². The highest BCUT2D eigenvalue weighted by Crippen LogP contribution is 2.20. The number of anilines is 2. The van der Waals surface area contributed by atoms with Crippen molar-refractivity contribution < 1.29 is 9.53 Å². The number of rotatable bonds is 4. The van der Waals surface area contributed by atoms with Gasteiger partial charge in [-0.15, -0.1) is 0 Å². The lowest BCUT2D eigenvalue weighted by molar-refractivity contribution is 0.102. The largest absolute Gasteiger partial charge is 0.494 e. The van der Waals surface area contributed by atoms with Crippen molar-refractivity contribution in [1.82, 2.24) is 0 Å². The van der Waals surface area contributed by atoms with Crippen LogP contribution in [0, 0.1) is 0 Å². The predicted molar refractivity (Wildman–Crippen MR) is 76.4 cm³/mol. The molecule has 0 unspecified atom stereocenters. The minimum Gasteiger partial charge on any atom is -0.494 e. The number of amides is 1. The maximum atomic E-state index is 12.1. The van der Waals surface area contributed by atoms with Gasteiger partial charge in [-0.05, 0) is 31.2 Å². The molecule has 4 nitrogen and oxygen atoms in total. The number of nitrogens with two attached hydrogens (primary N) is 1. The van der Waals surface area contributed by atoms with E-state index in [-0.39, 0.29) is 5.91 Å². The van der Waals surface area contributed by atoms with E-state index in [1.165, 1.54) is 0 Å². The van der Waals surface area contributed by atoms with E-state index < -0.39 is 0 Å². The first-order chi connectivity index (χ1) is 9.19. The molecule has 0 aliphatic rings. The zero-order valence-corrected chi connectivity index (χ0v) is 10.7. The van der Waals surface area contributed by atoms with Crippen molar-refractivity contribution >= 4 is 17.3 Å². The molecule has 3 N–H and O–H groups in total. The number of hydrogen-bond acceptors (Lipinski definition) is 3. The number of nitrogen functional groups attached to an aromatic ring is 1. The lowest BCUT2D eigenvalue weighted by Crippen LogP contribution is -2.12. The summed E-state index contributed by atoms with van der Waals surface area (Å²) in [6, 6.07) is 14.3. The summed E-state index contributed by atoms with van der Waals surface area (Å²) in [4.78, 5) is 12.1. The van der Waals surface area contributed by atoms with Crippen molar-refractivity contribution in [2.75, 3.05) is 17.7 Å². The molecule has 0 aliphatic heterocycles. The van der Waals surface area contributed by atoms with Crippen molar-refractivity contribution in [1.29, 1.82) is 0 Å². The summed E-state index contributed by atoms with van der Waals surface area (Å²) in [6.07, 6.45) is 0. The lowest BCUT2D eigenvalue weighted by Gasteiger charge is -2.09. The van der Waals surface area contributed by atoms with Crippen LogP contribution < -0.4 is 15.8 Å². The second-order valence-corrected chi connectivity index (χ2v) is 4.04. The first-order valence-corrected chi connectivity index (χ1v) is 6.09. The minimum absolute atomic E-state index is 0.209. The monoisotopic (exact) mass is 256 g/mol. The Morgan fingerprint density at radius 1 is 1.21 bits per heavy atom. The SMILES string of the molecule is CCOc1cc(N)cc(C(=O)Nc2ccccc2)c1. The molecule has 98 valence electrons. The van der Waals surface area contributed by atoms with E-state index in [2.05, 4.69) is 5.32 Å². The van der Waals surface area contributed by atoms with E-state index in [1.54, 1.807) is 18.2 Å². The highest BCUT2D eigenvalue weighted by atomic mass is 16.5. The Morgan fingerprint density at radius 3 is 2.63 bits per heavy atom. The van der Waals surface area contributed by atoms with Crippen LogP contribution in [-0.2, 0) is 0 Å². The summed E-state index contributed by atoms with van der Waals surface area (Å²) in [7, 11) is 0. The van der Waals surface area contributed by atoms with E-state index in [9.17, 15) is 4.79 Å². The predicted octanol–water partition coefficient (Wildman–Crippen LogP) is 2.92. The van der Waals surface area contributed by atoms with Gasteiger partial charge in [0, 0.05) is 23.0 Å². The Bertz CT molecular complexity index is 568. The summed E-state index contributed by atoms with van der Waals surface area (Å²) in [5.41, 5.74) is 7.49. The van der Waals surface area contributed by atoms with Crippen LogP contribution in [0.4, 0.5) is 11.4 Å². The minimum atomic E-state index is -0.209. The van der Waals surface area contributed by atoms with E-state index >= 15 is 0 Å². The quantitative estimate of drug-likeness (QED) is 0.827. The fourth-order valence-electron chi connectivity index (χ4n) is 1.73. The number of benzene rings is 2. The third-order valence-electron chi connectivity index (χ3n) is 2.53. The number of ether oxygens (including phenoxy) is 1. The van der Waals surface area contributed by atoms with E-state index in [1.807, 2.05) is 37.3 Å². The van der Waals surface area contributed by atoms with E-state index in [0.717, 1.165) is 5.69 Å². The summed E-state index contributed by atoms with van der Waals surface area (Å²) in [5.74, 6) is 0.389. The second kappa shape index (κ2) is 5.91. The Hall–Kier alpha value is -2.49. The molecule has 19 heavy (non-hydrogen) atoms. The summed E-state index contributed by atoms with van der Waals surface area (Å²) < 4.78 is 5.37. The number of carbonyl (C=O) groups is 1. The Morgan fingerprint density at radius 2 is 1.95 bits per heavy atom. The fourth-order valence-corrected chi connectivity index (χ4v) is 1.73. The van der Waals surface area contributed by atoms with Crippen LogP contribution in [0.25, 0.3) is 0 Å². The highest BCUT2D eigenvalue weighted by Gasteiger charge is 2.08. The van der Waals surface area contributed by atoms with Crippen LogP contribution in [-0.4, -0.2) is 12.5 Å². The maximum absolute atomic E-state index is 12.1. The van der Waals surface area contributed by atoms with Gasteiger partial charge in [0.15, 0.2) is 0 Å². The van der Waals surface area contributed by atoms with Crippen LogP contribution in [0.1, 0.15) is 17.3 Å². The van der Waals surface area contributed by atoms with Crippen molar-refractivity contribution in [2.45, 2.75) is 6.92 Å². The van der Waals surface area contributed by atoms with E-state index in [4.69, 9.17) is 10.5 Å². The Kier molecular flexibility index (Phi) is 4.03. The molecule has 2 rings (SSSR count). The van der Waals surface area contributed by atoms with Gasteiger partial charge in [0.25, 0.3) is 5.91 Å². The van der Waals surface area contributed by atoms with Crippen LogP contribution >= 0.6 is 0 Å². The molecule has 0 aromatic heterocycles. The number of hydrogen-bond donors (Lipinski definition) is 2. The molecule has 0 saturated carbocycles. The molecule has 0 spiro atoms. The lowest BCUT2D eigenvalue weighted by atomic mass is 10.1. The number of para-hydroxylation sites is 1. The molecule has 4 heteroatoms. The highest BCUT2D eigenvalue weighted by molar-refractivity contribution is 6.05. The van der Waals surface area contributed by atoms with Gasteiger partial charge in [-0.1, -0.05) is 18.2 Å². The third-order valence-corrected chi connectivity index (χ3v) is 2.53.